The number of benzene rings is 2. The van der Waals surface area contributed by atoms with Crippen LogP contribution in [0.3, 0.4) is 0 Å². The lowest BCUT2D eigenvalue weighted by Gasteiger charge is -2.23. The van der Waals surface area contributed by atoms with Crippen LogP contribution in [0.25, 0.3) is 12.2 Å². The lowest BCUT2D eigenvalue weighted by Crippen LogP contribution is -2.05. The molecule has 0 unspecified atom stereocenters. The van der Waals surface area contributed by atoms with Crippen LogP contribution < -0.4 is 0 Å². The van der Waals surface area contributed by atoms with Crippen LogP contribution in [0.4, 0.5) is 8.78 Å². The molecule has 1 aliphatic carbocycles. The molecule has 0 aliphatic heterocycles. The molecule has 2 aromatic rings. The quantitative estimate of drug-likeness (QED) is 0.720. The highest BCUT2D eigenvalue weighted by atomic mass is 19.2. The molecule has 0 radical (unpaired) electrons. The monoisotopic (exact) mass is 330 g/mol. The van der Waals surface area contributed by atoms with E-state index in [1.165, 1.54) is 24.6 Å². The van der Waals surface area contributed by atoms with E-state index in [2.05, 4.69) is 0 Å². The van der Waals surface area contributed by atoms with E-state index in [4.69, 9.17) is 0 Å². The summed E-state index contributed by atoms with van der Waals surface area (Å²) in [5.74, 6) is -1.53. The normalized spacial score (nSPS) is 15.9. The molecule has 1 aliphatic rings. The number of phenolic OH excluding ortho intramolecular Hbond substituents is 2. The molecule has 0 spiro atoms. The van der Waals surface area contributed by atoms with Crippen molar-refractivity contribution >= 4 is 12.2 Å². The minimum atomic E-state index is -0.916. The zero-order valence-corrected chi connectivity index (χ0v) is 13.3. The van der Waals surface area contributed by atoms with Crippen molar-refractivity contribution in [3.63, 3.8) is 0 Å². The number of phenols is 2. The smallest absolute Gasteiger partial charge is 0.166 e. The first kappa shape index (κ1) is 16.5. The first-order valence-electron chi connectivity index (χ1n) is 8.24. The number of aromatic hydroxyl groups is 2. The average Bonchev–Trinajstić information content (AvgIpc) is 2.57. The van der Waals surface area contributed by atoms with Gasteiger partial charge in [-0.3, -0.25) is 0 Å². The van der Waals surface area contributed by atoms with Crippen molar-refractivity contribution in [2.75, 3.05) is 0 Å². The Labute approximate surface area is 140 Å². The Morgan fingerprint density at radius 3 is 2.25 bits per heavy atom. The minimum Gasteiger partial charge on any atom is -0.507 e. The number of rotatable bonds is 3. The first-order chi connectivity index (χ1) is 11.6. The summed E-state index contributed by atoms with van der Waals surface area (Å²) < 4.78 is 26.8. The van der Waals surface area contributed by atoms with Crippen molar-refractivity contribution in [3.8, 4) is 11.5 Å². The van der Waals surface area contributed by atoms with E-state index >= 15 is 0 Å². The van der Waals surface area contributed by atoms with Crippen molar-refractivity contribution in [1.82, 2.24) is 0 Å². The fraction of sp³-hybridized carbons (Fsp3) is 0.300. The van der Waals surface area contributed by atoms with Gasteiger partial charge in [-0.1, -0.05) is 43.5 Å². The third-order valence-corrected chi connectivity index (χ3v) is 4.61. The van der Waals surface area contributed by atoms with E-state index in [1.54, 1.807) is 18.2 Å². The maximum atomic E-state index is 13.6. The van der Waals surface area contributed by atoms with Crippen LogP contribution in [0.15, 0.2) is 30.3 Å². The summed E-state index contributed by atoms with van der Waals surface area (Å²) in [5.41, 5.74) is 1.25. The van der Waals surface area contributed by atoms with Gasteiger partial charge in [-0.05, 0) is 42.5 Å². The van der Waals surface area contributed by atoms with E-state index in [1.807, 2.05) is 0 Å². The Morgan fingerprint density at radius 2 is 1.58 bits per heavy atom. The molecule has 2 aromatic carbocycles. The van der Waals surface area contributed by atoms with Crippen molar-refractivity contribution < 1.29 is 19.0 Å². The van der Waals surface area contributed by atoms with Gasteiger partial charge in [0.1, 0.15) is 11.5 Å². The van der Waals surface area contributed by atoms with E-state index in [9.17, 15) is 19.0 Å². The molecule has 2 nitrogen and oxygen atoms in total. The third kappa shape index (κ3) is 3.42. The second-order valence-corrected chi connectivity index (χ2v) is 6.28. The van der Waals surface area contributed by atoms with Gasteiger partial charge >= 0.3 is 0 Å². The third-order valence-electron chi connectivity index (χ3n) is 4.61. The summed E-state index contributed by atoms with van der Waals surface area (Å²) in [4.78, 5) is 0. The molecule has 0 aromatic heterocycles. The van der Waals surface area contributed by atoms with E-state index in [0.717, 1.165) is 31.7 Å². The fourth-order valence-corrected chi connectivity index (χ4v) is 3.39. The van der Waals surface area contributed by atoms with Crippen LogP contribution in [0.5, 0.6) is 11.5 Å². The van der Waals surface area contributed by atoms with Gasteiger partial charge < -0.3 is 10.2 Å². The van der Waals surface area contributed by atoms with Gasteiger partial charge in [-0.2, -0.15) is 0 Å². The highest BCUT2D eigenvalue weighted by Gasteiger charge is 2.22. The Morgan fingerprint density at radius 1 is 0.917 bits per heavy atom. The molecule has 0 heterocycles. The lowest BCUT2D eigenvalue weighted by molar-refractivity contribution is 0.389. The molecule has 1 fully saturated rings. The molecule has 0 bridgehead atoms. The van der Waals surface area contributed by atoms with Gasteiger partial charge in [-0.15, -0.1) is 0 Å². The Kier molecular flexibility index (Phi) is 4.84. The molecule has 4 heteroatoms. The summed E-state index contributed by atoms with van der Waals surface area (Å²) in [6.45, 7) is 0. The van der Waals surface area contributed by atoms with Gasteiger partial charge in [0.25, 0.3) is 0 Å². The molecular weight excluding hydrogens is 310 g/mol. The molecule has 2 N–H and O–H groups in total. The zero-order valence-electron chi connectivity index (χ0n) is 13.3. The molecule has 3 rings (SSSR count). The van der Waals surface area contributed by atoms with Crippen molar-refractivity contribution in [2.45, 2.75) is 38.0 Å². The van der Waals surface area contributed by atoms with Gasteiger partial charge in [0.05, 0.1) is 0 Å². The lowest BCUT2D eigenvalue weighted by atomic mass is 9.83. The second kappa shape index (κ2) is 7.04. The number of hydrogen-bond acceptors (Lipinski definition) is 2. The predicted octanol–water partition coefficient (Wildman–Crippen LogP) is 5.59. The number of halogens is 2. The maximum Gasteiger partial charge on any atom is 0.166 e. The molecule has 126 valence electrons. The topological polar surface area (TPSA) is 40.5 Å². The second-order valence-electron chi connectivity index (χ2n) is 6.28. The summed E-state index contributed by atoms with van der Waals surface area (Å²) in [7, 11) is 0. The fourth-order valence-electron chi connectivity index (χ4n) is 3.39. The summed E-state index contributed by atoms with van der Waals surface area (Å²) in [6.07, 6.45) is 8.29. The Balaban J connectivity index is 1.87. The Bertz CT molecular complexity index is 739. The summed E-state index contributed by atoms with van der Waals surface area (Å²) in [6, 6.07) is 7.06. The highest BCUT2D eigenvalue weighted by molar-refractivity contribution is 5.72. The summed E-state index contributed by atoms with van der Waals surface area (Å²) in [5, 5.41) is 20.6. The van der Waals surface area contributed by atoms with E-state index in [0.29, 0.717) is 11.1 Å². The van der Waals surface area contributed by atoms with E-state index in [-0.39, 0.29) is 23.0 Å². The highest BCUT2D eigenvalue weighted by Crippen LogP contribution is 2.42. The SMILES string of the molecule is Oc1cc(/C=C/c2cccc(F)c2F)cc(O)c1C1CCCCC1. The van der Waals surface area contributed by atoms with Gasteiger partial charge in [0.2, 0.25) is 0 Å². The van der Waals surface area contributed by atoms with Crippen molar-refractivity contribution in [2.24, 2.45) is 0 Å². The summed E-state index contributed by atoms with van der Waals surface area (Å²) >= 11 is 0. The number of hydrogen-bond donors (Lipinski definition) is 2. The van der Waals surface area contributed by atoms with Crippen LogP contribution in [0.1, 0.15) is 54.7 Å². The standard InChI is InChI=1S/C20H20F2O2/c21-16-8-4-7-15(20(16)22)10-9-13-11-17(23)19(18(24)12-13)14-5-2-1-3-6-14/h4,7-12,14,23-24H,1-3,5-6H2/b10-9+. The molecule has 0 saturated heterocycles. The van der Waals surface area contributed by atoms with E-state index < -0.39 is 11.6 Å². The van der Waals surface area contributed by atoms with Gasteiger partial charge in [0.15, 0.2) is 11.6 Å². The first-order valence-corrected chi connectivity index (χ1v) is 8.24. The molecule has 24 heavy (non-hydrogen) atoms. The van der Waals surface area contributed by atoms with Crippen LogP contribution in [-0.2, 0) is 0 Å². The largest absolute Gasteiger partial charge is 0.507 e. The molecular formula is C20H20F2O2. The van der Waals surface area contributed by atoms with Crippen LogP contribution in [0.2, 0.25) is 0 Å². The predicted molar refractivity (Wildman–Crippen MR) is 90.9 cm³/mol. The maximum absolute atomic E-state index is 13.6. The van der Waals surface area contributed by atoms with Crippen LogP contribution >= 0.6 is 0 Å². The van der Waals surface area contributed by atoms with Gasteiger partial charge in [0, 0.05) is 11.1 Å². The molecule has 0 amide bonds. The van der Waals surface area contributed by atoms with Crippen molar-refractivity contribution in [1.29, 1.82) is 0 Å². The average molecular weight is 330 g/mol. The zero-order chi connectivity index (χ0) is 17.1. The molecule has 0 atom stereocenters. The minimum absolute atomic E-state index is 0.0567. The van der Waals surface area contributed by atoms with Crippen LogP contribution in [-0.4, -0.2) is 10.2 Å². The van der Waals surface area contributed by atoms with Crippen molar-refractivity contribution in [3.05, 3.63) is 58.7 Å². The van der Waals surface area contributed by atoms with Crippen LogP contribution in [0, 0.1) is 11.6 Å². The van der Waals surface area contributed by atoms with Gasteiger partial charge in [-0.25, -0.2) is 8.78 Å². The Hall–Kier alpha value is -2.36. The molecule has 1 saturated carbocycles.